The number of halogens is 3. The van der Waals surface area contributed by atoms with Gasteiger partial charge in [-0.2, -0.15) is 0 Å². The van der Waals surface area contributed by atoms with E-state index < -0.39 is 0 Å². The number of benzene rings is 6. The van der Waals surface area contributed by atoms with Gasteiger partial charge in [-0.15, -0.1) is 0 Å². The summed E-state index contributed by atoms with van der Waals surface area (Å²) in [4.78, 5) is 2.52. The third-order valence-electron chi connectivity index (χ3n) is 15.7. The van der Waals surface area contributed by atoms with Gasteiger partial charge in [-0.05, 0) is 121 Å². The van der Waals surface area contributed by atoms with Crippen molar-refractivity contribution in [1.82, 2.24) is 0 Å². The smallest absolute Gasteiger partial charge is 0.136 e. The number of rotatable bonds is 3. The van der Waals surface area contributed by atoms with Gasteiger partial charge in [-0.3, -0.25) is 0 Å². The lowest BCUT2D eigenvalue weighted by atomic mass is 9.58. The van der Waals surface area contributed by atoms with Crippen molar-refractivity contribution < 1.29 is 8.83 Å². The standard InChI is InChI=1S/C28H26ClNO.C15H20.C14H8Cl2O/c1-27-16-7-8-17-28(27,2)30(22-13-5-4-12-21(22)27)23-14-9-11-20(26(23)29)25-18-19-10-3-6-15-24(19)31-25;1-14-9-5-6-10-15(14,2)13-8-4-3-7-12(13)11-14;15-11-6-3-5-10(14(11)16)13-8-9-4-1-2-7-12(9)17-13/h3-6,9-15,18H,7-8,16-17H2,1-2H3;3-4,7-8H,5-6,9-11H2,1-2H3;1-8H. The number of hydrogen-bond acceptors (Lipinski definition) is 3. The molecule has 0 saturated heterocycles. The third kappa shape index (κ3) is 6.93. The van der Waals surface area contributed by atoms with Crippen LogP contribution in [0.4, 0.5) is 11.4 Å². The lowest BCUT2D eigenvalue weighted by Gasteiger charge is -2.50. The van der Waals surface area contributed by atoms with Crippen LogP contribution in [0, 0.1) is 5.41 Å². The van der Waals surface area contributed by atoms with Gasteiger partial charge in [0.1, 0.15) is 22.7 Å². The fourth-order valence-electron chi connectivity index (χ4n) is 11.8. The van der Waals surface area contributed by atoms with Gasteiger partial charge in [0.25, 0.3) is 0 Å². The van der Waals surface area contributed by atoms with Gasteiger partial charge in [0, 0.05) is 33.0 Å². The van der Waals surface area contributed by atoms with Crippen molar-refractivity contribution in [3.05, 3.63) is 177 Å². The summed E-state index contributed by atoms with van der Waals surface area (Å²) in [5.74, 6) is 1.55. The fraction of sp³-hybridized carbons (Fsp3) is 0.298. The number of para-hydroxylation sites is 3. The summed E-state index contributed by atoms with van der Waals surface area (Å²) in [5, 5.41) is 3.96. The number of fused-ring (bicyclic) bond motifs is 8. The maximum atomic E-state index is 7.15. The first-order chi connectivity index (χ1) is 30.4. The number of furan rings is 2. The average Bonchev–Trinajstić information content (AvgIpc) is 4.03. The second kappa shape index (κ2) is 16.3. The van der Waals surface area contributed by atoms with Crippen molar-refractivity contribution in [3.63, 3.8) is 0 Å². The third-order valence-corrected chi connectivity index (χ3v) is 17.0. The predicted octanol–water partition coefficient (Wildman–Crippen LogP) is 18.0. The molecule has 6 aromatic carbocycles. The zero-order chi connectivity index (χ0) is 43.6. The van der Waals surface area contributed by atoms with Crippen LogP contribution >= 0.6 is 34.8 Å². The Hall–Kier alpha value is -4.93. The molecule has 6 heteroatoms. The lowest BCUT2D eigenvalue weighted by Crippen LogP contribution is -2.54. The number of anilines is 2. The molecule has 63 heavy (non-hydrogen) atoms. The van der Waals surface area contributed by atoms with E-state index in [9.17, 15) is 0 Å². The molecule has 0 N–H and O–H groups in total. The average molecular weight is 891 g/mol. The molecule has 0 radical (unpaired) electrons. The molecule has 4 unspecified atom stereocenters. The molecular weight excluding hydrogens is 837 g/mol. The van der Waals surface area contributed by atoms with Gasteiger partial charge in [0.2, 0.25) is 0 Å². The van der Waals surface area contributed by atoms with Crippen LogP contribution in [-0.4, -0.2) is 5.54 Å². The highest BCUT2D eigenvalue weighted by atomic mass is 35.5. The van der Waals surface area contributed by atoms with Crippen molar-refractivity contribution in [2.45, 2.75) is 102 Å². The number of nitrogens with zero attached hydrogens (tertiary/aromatic N) is 1. The molecule has 3 heterocycles. The van der Waals surface area contributed by atoms with E-state index >= 15 is 0 Å². The van der Waals surface area contributed by atoms with Crippen LogP contribution in [0.5, 0.6) is 0 Å². The summed E-state index contributed by atoms with van der Waals surface area (Å²) in [6, 6.07) is 49.9. The van der Waals surface area contributed by atoms with Crippen LogP contribution in [-0.2, 0) is 17.3 Å². The van der Waals surface area contributed by atoms with Gasteiger partial charge in [0.15, 0.2) is 0 Å². The normalized spacial score (nSPS) is 24.4. The molecule has 0 bridgehead atoms. The Bertz CT molecular complexity index is 2920. The maximum absolute atomic E-state index is 7.15. The molecule has 4 aliphatic rings. The Balaban J connectivity index is 0.000000124. The van der Waals surface area contributed by atoms with Gasteiger partial charge >= 0.3 is 0 Å². The van der Waals surface area contributed by atoms with Crippen LogP contribution in [0.25, 0.3) is 44.6 Å². The van der Waals surface area contributed by atoms with E-state index in [1.807, 2.05) is 60.7 Å². The Kier molecular flexibility index (Phi) is 10.8. The van der Waals surface area contributed by atoms with E-state index in [4.69, 9.17) is 43.6 Å². The lowest BCUT2D eigenvalue weighted by molar-refractivity contribution is 0.110. The van der Waals surface area contributed by atoms with E-state index in [2.05, 4.69) is 111 Å². The van der Waals surface area contributed by atoms with Crippen LogP contribution in [0.1, 0.15) is 95.8 Å². The molecule has 2 fully saturated rings. The fourth-order valence-corrected chi connectivity index (χ4v) is 12.5. The van der Waals surface area contributed by atoms with Gasteiger partial charge < -0.3 is 13.7 Å². The van der Waals surface area contributed by atoms with Crippen molar-refractivity contribution in [1.29, 1.82) is 0 Å². The molecule has 0 amide bonds. The molecule has 1 aliphatic heterocycles. The minimum atomic E-state index is -0.00885. The molecule has 2 saturated carbocycles. The molecule has 8 aromatic rings. The second-order valence-electron chi connectivity index (χ2n) is 19.1. The molecule has 4 atom stereocenters. The van der Waals surface area contributed by atoms with Crippen LogP contribution in [0.2, 0.25) is 15.1 Å². The van der Waals surface area contributed by atoms with Crippen LogP contribution in [0.15, 0.2) is 154 Å². The van der Waals surface area contributed by atoms with Crippen molar-refractivity contribution in [2.75, 3.05) is 4.90 Å². The first kappa shape index (κ1) is 42.0. The van der Waals surface area contributed by atoms with Gasteiger partial charge in [0.05, 0.1) is 26.3 Å². The summed E-state index contributed by atoms with van der Waals surface area (Å²) in [5.41, 5.74) is 11.7. The highest BCUT2D eigenvalue weighted by Gasteiger charge is 2.58. The van der Waals surface area contributed by atoms with Crippen molar-refractivity contribution in [2.24, 2.45) is 5.41 Å². The predicted molar refractivity (Wildman–Crippen MR) is 265 cm³/mol. The topological polar surface area (TPSA) is 29.5 Å². The van der Waals surface area contributed by atoms with Gasteiger partial charge in [-0.1, -0.05) is 172 Å². The Morgan fingerprint density at radius 3 is 1.68 bits per heavy atom. The second-order valence-corrected chi connectivity index (χ2v) is 20.3. The SMILES string of the molecule is CC12CCCCC1(C)N(c1cccc(-c3cc4ccccc4o3)c1Cl)c1ccccc12.CC12CCCCC1(C)c1ccccc1C2.Clc1cccc(-c2cc3ccccc3o2)c1Cl. The minimum Gasteiger partial charge on any atom is -0.456 e. The Labute approximate surface area is 387 Å². The van der Waals surface area contributed by atoms with E-state index in [1.54, 1.807) is 17.2 Å². The summed E-state index contributed by atoms with van der Waals surface area (Å²) in [6.45, 7) is 9.88. The summed E-state index contributed by atoms with van der Waals surface area (Å²) in [6.07, 6.45) is 11.8. The van der Waals surface area contributed by atoms with Crippen LogP contribution in [0.3, 0.4) is 0 Å². The molecule has 320 valence electrons. The van der Waals surface area contributed by atoms with E-state index in [1.165, 1.54) is 62.6 Å². The molecule has 3 aliphatic carbocycles. The molecular formula is C57H54Cl3NO2. The first-order valence-electron chi connectivity index (χ1n) is 22.6. The molecule has 2 aromatic heterocycles. The van der Waals surface area contributed by atoms with Crippen LogP contribution < -0.4 is 4.90 Å². The zero-order valence-electron chi connectivity index (χ0n) is 36.6. The van der Waals surface area contributed by atoms with E-state index in [0.29, 0.717) is 20.9 Å². The Morgan fingerprint density at radius 1 is 0.476 bits per heavy atom. The quantitative estimate of drug-likeness (QED) is 0.177. The van der Waals surface area contributed by atoms with E-state index in [-0.39, 0.29) is 11.0 Å². The maximum Gasteiger partial charge on any atom is 0.136 e. The van der Waals surface area contributed by atoms with E-state index in [0.717, 1.165) is 61.7 Å². The highest BCUT2D eigenvalue weighted by molar-refractivity contribution is 6.43. The molecule has 3 nitrogen and oxygen atoms in total. The summed E-state index contributed by atoms with van der Waals surface area (Å²) < 4.78 is 11.9. The first-order valence-corrected chi connectivity index (χ1v) is 23.8. The minimum absolute atomic E-state index is 0.00885. The van der Waals surface area contributed by atoms with Crippen molar-refractivity contribution >= 4 is 68.1 Å². The monoisotopic (exact) mass is 889 g/mol. The van der Waals surface area contributed by atoms with Gasteiger partial charge in [-0.25, -0.2) is 0 Å². The Morgan fingerprint density at radius 2 is 1.00 bits per heavy atom. The largest absolute Gasteiger partial charge is 0.456 e. The number of hydrogen-bond donors (Lipinski definition) is 0. The highest BCUT2D eigenvalue weighted by Crippen LogP contribution is 2.62. The zero-order valence-corrected chi connectivity index (χ0v) is 38.9. The molecule has 12 rings (SSSR count). The summed E-state index contributed by atoms with van der Waals surface area (Å²) >= 11 is 19.3. The molecule has 0 spiro atoms. The summed E-state index contributed by atoms with van der Waals surface area (Å²) in [7, 11) is 0. The van der Waals surface area contributed by atoms with Crippen molar-refractivity contribution in [3.8, 4) is 22.6 Å².